The third-order valence-corrected chi connectivity index (χ3v) is 3.09. The van der Waals surface area contributed by atoms with E-state index >= 15 is 0 Å². The average molecular weight is 335 g/mol. The number of nitrogens with zero attached hydrogens (tertiary/aromatic N) is 2. The molecule has 0 saturated carbocycles. The third kappa shape index (κ3) is 5.46. The third-order valence-electron chi connectivity index (χ3n) is 3.09. The maximum atomic E-state index is 12.2. The molecule has 0 atom stereocenters. The summed E-state index contributed by atoms with van der Waals surface area (Å²) in [6, 6.07) is 6.63. The molecule has 0 heterocycles. The van der Waals surface area contributed by atoms with E-state index in [-0.39, 0.29) is 31.9 Å². The first-order chi connectivity index (χ1) is 11.6. The van der Waals surface area contributed by atoms with E-state index in [0.29, 0.717) is 17.2 Å². The smallest absolute Gasteiger partial charge is 0.267 e. The number of carbonyl (C=O) groups is 1. The molecule has 0 radical (unpaired) electrons. The highest BCUT2D eigenvalue weighted by molar-refractivity contribution is 6.06. The van der Waals surface area contributed by atoms with E-state index in [4.69, 9.17) is 24.9 Å². The van der Waals surface area contributed by atoms with Crippen LogP contribution in [-0.2, 0) is 4.79 Å². The van der Waals surface area contributed by atoms with Gasteiger partial charge in [0.05, 0.1) is 27.4 Å². The topological polar surface area (TPSA) is 115 Å². The molecular formula is C16H21N3O5. The number of anilines is 1. The van der Waals surface area contributed by atoms with Crippen molar-refractivity contribution >= 4 is 11.6 Å². The first kappa shape index (κ1) is 19.3. The van der Waals surface area contributed by atoms with Gasteiger partial charge in [-0.2, -0.15) is 5.26 Å². The highest BCUT2D eigenvalue weighted by Gasteiger charge is 2.13. The summed E-state index contributed by atoms with van der Waals surface area (Å²) < 4.78 is 10.3. The first-order valence-electron chi connectivity index (χ1n) is 7.20. The lowest BCUT2D eigenvalue weighted by atomic mass is 10.2. The zero-order valence-electron chi connectivity index (χ0n) is 13.7. The van der Waals surface area contributed by atoms with Crippen molar-refractivity contribution in [1.82, 2.24) is 4.90 Å². The summed E-state index contributed by atoms with van der Waals surface area (Å²) in [5, 5.41) is 29.7. The summed E-state index contributed by atoms with van der Waals surface area (Å²) in [5.41, 5.74) is 0.293. The van der Waals surface area contributed by atoms with Crippen LogP contribution < -0.4 is 14.8 Å². The standard InChI is InChI=1S/C16H21N3O5/c1-23-14-4-3-13(9-15(14)24-2)18-16(22)12(10-17)11-19(5-7-20)6-8-21/h3-4,9,11,20-21H,5-8H2,1-2H3,(H,18,22)/b12-11-. The van der Waals surface area contributed by atoms with Crippen LogP contribution in [0.25, 0.3) is 0 Å². The van der Waals surface area contributed by atoms with Crippen LogP contribution in [0.15, 0.2) is 30.0 Å². The lowest BCUT2D eigenvalue weighted by Gasteiger charge is -2.18. The lowest BCUT2D eigenvalue weighted by Crippen LogP contribution is -2.26. The van der Waals surface area contributed by atoms with E-state index in [0.717, 1.165) is 0 Å². The second-order valence-corrected chi connectivity index (χ2v) is 4.66. The van der Waals surface area contributed by atoms with Crippen LogP contribution in [-0.4, -0.2) is 61.5 Å². The number of nitriles is 1. The van der Waals surface area contributed by atoms with Crippen LogP contribution in [0, 0.1) is 11.3 Å². The highest BCUT2D eigenvalue weighted by Crippen LogP contribution is 2.29. The summed E-state index contributed by atoms with van der Waals surface area (Å²) >= 11 is 0. The average Bonchev–Trinajstić information content (AvgIpc) is 2.59. The molecule has 3 N–H and O–H groups in total. The number of hydrogen-bond acceptors (Lipinski definition) is 7. The fourth-order valence-electron chi connectivity index (χ4n) is 1.93. The van der Waals surface area contributed by atoms with Crippen molar-refractivity contribution in [3.8, 4) is 17.6 Å². The van der Waals surface area contributed by atoms with Gasteiger partial charge in [-0.1, -0.05) is 0 Å². The Morgan fingerprint density at radius 1 is 1.25 bits per heavy atom. The molecule has 1 amide bonds. The summed E-state index contributed by atoms with van der Waals surface area (Å²) in [6.07, 6.45) is 1.31. The van der Waals surface area contributed by atoms with Crippen molar-refractivity contribution in [1.29, 1.82) is 5.26 Å². The summed E-state index contributed by atoms with van der Waals surface area (Å²) in [6.45, 7) is 0.0871. The molecule has 0 bridgehead atoms. The Labute approximate surface area is 140 Å². The van der Waals surface area contributed by atoms with Gasteiger partial charge in [0.2, 0.25) is 0 Å². The van der Waals surface area contributed by atoms with Crippen molar-refractivity contribution in [3.05, 3.63) is 30.0 Å². The summed E-state index contributed by atoms with van der Waals surface area (Å²) in [7, 11) is 2.98. The molecule has 0 aliphatic carbocycles. The molecule has 1 rings (SSSR count). The molecule has 1 aromatic carbocycles. The van der Waals surface area contributed by atoms with Gasteiger partial charge in [-0.05, 0) is 12.1 Å². The van der Waals surface area contributed by atoms with Crippen molar-refractivity contribution in [2.24, 2.45) is 0 Å². The number of carbonyl (C=O) groups excluding carboxylic acids is 1. The normalized spacial score (nSPS) is 10.7. The number of aliphatic hydroxyl groups is 2. The Hall–Kier alpha value is -2.76. The van der Waals surface area contributed by atoms with Crippen molar-refractivity contribution in [2.75, 3.05) is 45.8 Å². The Kier molecular flexibility index (Phi) is 8.11. The van der Waals surface area contributed by atoms with Crippen LogP contribution in [0.5, 0.6) is 11.5 Å². The largest absolute Gasteiger partial charge is 0.493 e. The molecule has 24 heavy (non-hydrogen) atoms. The molecule has 8 nitrogen and oxygen atoms in total. The molecule has 0 unspecified atom stereocenters. The van der Waals surface area contributed by atoms with E-state index < -0.39 is 5.91 Å². The van der Waals surface area contributed by atoms with Crippen molar-refractivity contribution in [3.63, 3.8) is 0 Å². The van der Waals surface area contributed by atoms with E-state index in [1.54, 1.807) is 18.2 Å². The molecule has 1 aromatic rings. The van der Waals surface area contributed by atoms with Crippen LogP contribution in [0.4, 0.5) is 5.69 Å². The first-order valence-corrected chi connectivity index (χ1v) is 7.20. The minimum atomic E-state index is -0.606. The van der Waals surface area contributed by atoms with Gasteiger partial charge in [-0.3, -0.25) is 4.79 Å². The number of aliphatic hydroxyl groups excluding tert-OH is 2. The Bertz CT molecular complexity index is 619. The zero-order chi connectivity index (χ0) is 17.9. The van der Waals surface area contributed by atoms with E-state index in [1.165, 1.54) is 25.3 Å². The second kappa shape index (κ2) is 10.1. The van der Waals surface area contributed by atoms with Crippen LogP contribution in [0.3, 0.4) is 0 Å². The minimum Gasteiger partial charge on any atom is -0.493 e. The molecule has 0 saturated heterocycles. The Morgan fingerprint density at radius 2 is 1.88 bits per heavy atom. The number of amides is 1. The minimum absolute atomic E-state index is 0.147. The van der Waals surface area contributed by atoms with E-state index in [2.05, 4.69) is 5.32 Å². The maximum Gasteiger partial charge on any atom is 0.267 e. The lowest BCUT2D eigenvalue weighted by molar-refractivity contribution is -0.112. The van der Waals surface area contributed by atoms with Gasteiger partial charge in [-0.25, -0.2) is 0 Å². The number of rotatable bonds is 9. The molecule has 8 heteroatoms. The molecular weight excluding hydrogens is 314 g/mol. The fraction of sp³-hybridized carbons (Fsp3) is 0.375. The monoisotopic (exact) mass is 335 g/mol. The van der Waals surface area contributed by atoms with Crippen LogP contribution in [0.1, 0.15) is 0 Å². The second-order valence-electron chi connectivity index (χ2n) is 4.66. The number of nitrogens with one attached hydrogen (secondary N) is 1. The highest BCUT2D eigenvalue weighted by atomic mass is 16.5. The predicted octanol–water partition coefficient (Wildman–Crippen LogP) is 0.336. The Morgan fingerprint density at radius 3 is 2.38 bits per heavy atom. The molecule has 0 aliphatic rings. The SMILES string of the molecule is COc1ccc(NC(=O)/C(C#N)=C\N(CCO)CCO)cc1OC. The number of hydrogen-bond donors (Lipinski definition) is 3. The zero-order valence-corrected chi connectivity index (χ0v) is 13.7. The molecule has 0 aliphatic heterocycles. The fourth-order valence-corrected chi connectivity index (χ4v) is 1.93. The number of ether oxygens (including phenoxy) is 2. The summed E-state index contributed by atoms with van der Waals surface area (Å²) in [4.78, 5) is 13.7. The molecule has 0 fully saturated rings. The summed E-state index contributed by atoms with van der Waals surface area (Å²) in [5.74, 6) is 0.356. The number of benzene rings is 1. The van der Waals surface area contributed by atoms with Gasteiger partial charge < -0.3 is 29.9 Å². The van der Waals surface area contributed by atoms with Gasteiger partial charge in [0.1, 0.15) is 11.6 Å². The molecule has 0 aromatic heterocycles. The van der Waals surface area contributed by atoms with E-state index in [1.807, 2.05) is 6.07 Å². The number of methoxy groups -OCH3 is 2. The predicted molar refractivity (Wildman–Crippen MR) is 87.6 cm³/mol. The molecule has 130 valence electrons. The Balaban J connectivity index is 2.93. The van der Waals surface area contributed by atoms with Gasteiger partial charge >= 0.3 is 0 Å². The quantitative estimate of drug-likeness (QED) is 0.440. The van der Waals surface area contributed by atoms with Crippen LogP contribution in [0.2, 0.25) is 0 Å². The maximum absolute atomic E-state index is 12.2. The van der Waals surface area contributed by atoms with Gasteiger partial charge in [-0.15, -0.1) is 0 Å². The van der Waals surface area contributed by atoms with E-state index in [9.17, 15) is 4.79 Å². The van der Waals surface area contributed by atoms with Crippen molar-refractivity contribution in [2.45, 2.75) is 0 Å². The van der Waals surface area contributed by atoms with Gasteiger partial charge in [0.15, 0.2) is 11.5 Å². The van der Waals surface area contributed by atoms with Crippen molar-refractivity contribution < 1.29 is 24.5 Å². The van der Waals surface area contributed by atoms with Crippen LogP contribution >= 0.6 is 0 Å². The van der Waals surface area contributed by atoms with Gasteiger partial charge in [0, 0.05) is 31.0 Å². The molecule has 0 spiro atoms. The van der Waals surface area contributed by atoms with Gasteiger partial charge in [0.25, 0.3) is 5.91 Å².